The van der Waals surface area contributed by atoms with Crippen molar-refractivity contribution in [2.24, 2.45) is 0 Å². The van der Waals surface area contributed by atoms with E-state index in [2.05, 4.69) is 10.4 Å². The number of carbonyl (C=O) groups excluding carboxylic acids is 1. The lowest BCUT2D eigenvalue weighted by molar-refractivity contribution is -0.111. The van der Waals surface area contributed by atoms with Gasteiger partial charge in [0.15, 0.2) is 0 Å². The molecule has 10 heteroatoms. The van der Waals surface area contributed by atoms with Crippen LogP contribution in [0.3, 0.4) is 0 Å². The van der Waals surface area contributed by atoms with Crippen molar-refractivity contribution in [3.63, 3.8) is 0 Å². The molecule has 3 rings (SSSR count). The Bertz CT molecular complexity index is 1290. The van der Waals surface area contributed by atoms with Crippen molar-refractivity contribution < 1.29 is 17.9 Å². The average Bonchev–Trinajstić information content (AvgIpc) is 3.05. The highest BCUT2D eigenvalue weighted by Crippen LogP contribution is 2.29. The molecule has 0 aliphatic carbocycles. The van der Waals surface area contributed by atoms with E-state index in [1.165, 1.54) is 45.5 Å². The highest BCUT2D eigenvalue weighted by molar-refractivity contribution is 7.89. The van der Waals surface area contributed by atoms with Crippen LogP contribution in [-0.4, -0.2) is 49.6 Å². The summed E-state index contributed by atoms with van der Waals surface area (Å²) in [6, 6.07) is 14.1. The number of rotatable bonds is 8. The number of aryl methyl sites for hydroxylation is 1. The number of aromatic nitrogens is 2. The molecule has 0 unspecified atom stereocenters. The minimum absolute atomic E-state index is 0.0358. The highest BCUT2D eigenvalue weighted by atomic mass is 35.5. The zero-order chi connectivity index (χ0) is 24.2. The number of halogens is 1. The first-order valence-electron chi connectivity index (χ1n) is 10.00. The average molecular weight is 489 g/mol. The van der Waals surface area contributed by atoms with E-state index in [-0.39, 0.29) is 10.6 Å². The van der Waals surface area contributed by atoms with E-state index < -0.39 is 15.9 Å². The first kappa shape index (κ1) is 24.5. The van der Waals surface area contributed by atoms with Gasteiger partial charge in [-0.05, 0) is 36.8 Å². The Balaban J connectivity index is 1.81. The molecule has 0 saturated carbocycles. The van der Waals surface area contributed by atoms with Crippen LogP contribution in [0.5, 0.6) is 5.75 Å². The van der Waals surface area contributed by atoms with Gasteiger partial charge in [0.1, 0.15) is 10.9 Å². The van der Waals surface area contributed by atoms with Gasteiger partial charge in [-0.25, -0.2) is 17.4 Å². The summed E-state index contributed by atoms with van der Waals surface area (Å²) in [6.07, 6.45) is 2.89. The van der Waals surface area contributed by atoms with Crippen LogP contribution in [-0.2, 0) is 21.4 Å². The van der Waals surface area contributed by atoms with E-state index in [9.17, 15) is 13.2 Å². The number of benzene rings is 2. The normalized spacial score (nSPS) is 11.8. The van der Waals surface area contributed by atoms with Crippen LogP contribution in [0.15, 0.2) is 59.5 Å². The number of methoxy groups -OCH3 is 1. The van der Waals surface area contributed by atoms with Crippen LogP contribution in [0.25, 0.3) is 6.08 Å². The largest absolute Gasteiger partial charge is 0.495 e. The summed E-state index contributed by atoms with van der Waals surface area (Å²) in [4.78, 5) is 12.6. The van der Waals surface area contributed by atoms with Crippen molar-refractivity contribution in [2.75, 3.05) is 26.5 Å². The number of ether oxygens (including phenoxy) is 1. The van der Waals surface area contributed by atoms with Gasteiger partial charge in [-0.3, -0.25) is 4.79 Å². The molecule has 1 aromatic heterocycles. The van der Waals surface area contributed by atoms with Crippen LogP contribution in [0.1, 0.15) is 16.8 Å². The summed E-state index contributed by atoms with van der Waals surface area (Å²) in [6.45, 7) is 2.31. The second-order valence-corrected chi connectivity index (χ2v) is 9.92. The van der Waals surface area contributed by atoms with Gasteiger partial charge in [-0.2, -0.15) is 5.10 Å². The minimum Gasteiger partial charge on any atom is -0.495 e. The first-order chi connectivity index (χ1) is 15.6. The van der Waals surface area contributed by atoms with Crippen LogP contribution >= 0.6 is 11.6 Å². The van der Waals surface area contributed by atoms with Gasteiger partial charge in [0, 0.05) is 25.7 Å². The maximum Gasteiger partial charge on any atom is 0.248 e. The molecule has 0 bridgehead atoms. The molecule has 8 nitrogen and oxygen atoms in total. The van der Waals surface area contributed by atoms with Crippen molar-refractivity contribution in [3.05, 3.63) is 76.6 Å². The van der Waals surface area contributed by atoms with Crippen LogP contribution in [0.4, 0.5) is 5.69 Å². The van der Waals surface area contributed by atoms with Crippen molar-refractivity contribution in [3.8, 4) is 5.75 Å². The Morgan fingerprint density at radius 2 is 1.91 bits per heavy atom. The Morgan fingerprint density at radius 1 is 1.21 bits per heavy atom. The lowest BCUT2D eigenvalue weighted by Gasteiger charge is -2.14. The molecule has 0 spiro atoms. The maximum absolute atomic E-state index is 12.6. The zero-order valence-corrected chi connectivity index (χ0v) is 20.3. The van der Waals surface area contributed by atoms with Gasteiger partial charge in [-0.15, -0.1) is 0 Å². The van der Waals surface area contributed by atoms with Gasteiger partial charge < -0.3 is 10.1 Å². The number of carbonyl (C=O) groups is 1. The molecule has 3 aromatic rings. The van der Waals surface area contributed by atoms with Crippen LogP contribution < -0.4 is 10.1 Å². The van der Waals surface area contributed by atoms with E-state index in [4.69, 9.17) is 16.3 Å². The molecule has 0 saturated heterocycles. The van der Waals surface area contributed by atoms with Gasteiger partial charge in [-0.1, -0.05) is 41.9 Å². The predicted octanol–water partition coefficient (Wildman–Crippen LogP) is 3.80. The van der Waals surface area contributed by atoms with Gasteiger partial charge >= 0.3 is 0 Å². The van der Waals surface area contributed by atoms with Crippen molar-refractivity contribution in [1.82, 2.24) is 14.1 Å². The Hall–Kier alpha value is -3.14. The number of anilines is 1. The number of sulfonamides is 1. The predicted molar refractivity (Wildman–Crippen MR) is 129 cm³/mol. The molecule has 1 amide bonds. The molecule has 1 N–H and O–H groups in total. The van der Waals surface area contributed by atoms with Crippen molar-refractivity contribution in [1.29, 1.82) is 0 Å². The van der Waals surface area contributed by atoms with Crippen LogP contribution in [0, 0.1) is 6.92 Å². The molecular formula is C23H25ClN4O4S. The van der Waals surface area contributed by atoms with E-state index in [0.29, 0.717) is 28.7 Å². The second-order valence-electron chi connectivity index (χ2n) is 7.41. The summed E-state index contributed by atoms with van der Waals surface area (Å²) in [5, 5.41) is 7.54. The number of nitrogens with zero attached hydrogens (tertiary/aromatic N) is 3. The third kappa shape index (κ3) is 5.62. The molecule has 174 valence electrons. The summed E-state index contributed by atoms with van der Waals surface area (Å²) >= 11 is 6.50. The molecule has 0 atom stereocenters. The monoisotopic (exact) mass is 488 g/mol. The molecule has 2 aromatic carbocycles. The zero-order valence-electron chi connectivity index (χ0n) is 18.7. The fourth-order valence-corrected chi connectivity index (χ4v) is 4.33. The molecule has 1 heterocycles. The SMILES string of the molecule is COc1ccc(S(=O)(=O)N(C)C)cc1NC(=O)/C=C/c1c(C)nn(Cc2ccccc2)c1Cl. The third-order valence-electron chi connectivity index (χ3n) is 4.89. The summed E-state index contributed by atoms with van der Waals surface area (Å²) < 4.78 is 32.9. The molecule has 0 aliphatic heterocycles. The van der Waals surface area contributed by atoms with Crippen molar-refractivity contribution >= 4 is 39.3 Å². The Labute approximate surface area is 198 Å². The fourth-order valence-electron chi connectivity index (χ4n) is 3.11. The molecule has 0 radical (unpaired) electrons. The molecular weight excluding hydrogens is 464 g/mol. The number of nitrogens with one attached hydrogen (secondary N) is 1. The minimum atomic E-state index is -3.67. The van der Waals surface area contributed by atoms with E-state index in [1.807, 2.05) is 37.3 Å². The maximum atomic E-state index is 12.6. The topological polar surface area (TPSA) is 93.5 Å². The molecule has 33 heavy (non-hydrogen) atoms. The summed E-state index contributed by atoms with van der Waals surface area (Å²) in [7, 11) is 0.636. The van der Waals surface area contributed by atoms with E-state index in [0.717, 1.165) is 9.87 Å². The standard InChI is InChI=1S/C23H25ClN4O4S/c1-16-19(23(24)28(26-16)15-17-8-6-5-7-9-17)11-13-22(29)25-20-14-18(10-12-21(20)32-4)33(30,31)27(2)3/h5-14H,15H2,1-4H3,(H,25,29)/b13-11+. The lowest BCUT2D eigenvalue weighted by Crippen LogP contribution is -2.22. The highest BCUT2D eigenvalue weighted by Gasteiger charge is 2.19. The number of hydrogen-bond donors (Lipinski definition) is 1. The number of hydrogen-bond acceptors (Lipinski definition) is 5. The van der Waals surface area contributed by atoms with Gasteiger partial charge in [0.2, 0.25) is 15.9 Å². The first-order valence-corrected chi connectivity index (χ1v) is 11.8. The van der Waals surface area contributed by atoms with E-state index >= 15 is 0 Å². The van der Waals surface area contributed by atoms with Gasteiger partial charge in [0.25, 0.3) is 0 Å². The summed E-state index contributed by atoms with van der Waals surface area (Å²) in [5.41, 5.74) is 2.59. The molecule has 0 aliphatic rings. The third-order valence-corrected chi connectivity index (χ3v) is 7.10. The quantitative estimate of drug-likeness (QED) is 0.487. The van der Waals surface area contributed by atoms with Gasteiger partial charge in [0.05, 0.1) is 29.9 Å². The van der Waals surface area contributed by atoms with Crippen molar-refractivity contribution in [2.45, 2.75) is 18.4 Å². The smallest absolute Gasteiger partial charge is 0.248 e. The Kier molecular flexibility index (Phi) is 7.57. The molecule has 0 fully saturated rings. The second kappa shape index (κ2) is 10.2. The Morgan fingerprint density at radius 3 is 2.55 bits per heavy atom. The van der Waals surface area contributed by atoms with Crippen LogP contribution in [0.2, 0.25) is 5.15 Å². The summed E-state index contributed by atoms with van der Waals surface area (Å²) in [5.74, 6) is -0.140. The van der Waals surface area contributed by atoms with E-state index in [1.54, 1.807) is 10.8 Å². The number of amides is 1. The fraction of sp³-hybridized carbons (Fsp3) is 0.217. The lowest BCUT2D eigenvalue weighted by atomic mass is 10.2.